The van der Waals surface area contributed by atoms with E-state index in [0.29, 0.717) is 6.04 Å². The summed E-state index contributed by atoms with van der Waals surface area (Å²) < 4.78 is 0.904. The van der Waals surface area contributed by atoms with Gasteiger partial charge < -0.3 is 5.32 Å². The van der Waals surface area contributed by atoms with Crippen LogP contribution in [0.5, 0.6) is 0 Å². The summed E-state index contributed by atoms with van der Waals surface area (Å²) in [5.41, 5.74) is 0. The zero-order chi connectivity index (χ0) is 10.5. The fourth-order valence-electron chi connectivity index (χ4n) is 2.12. The van der Waals surface area contributed by atoms with Crippen molar-refractivity contribution in [2.24, 2.45) is 0 Å². The number of aromatic nitrogens is 1. The summed E-state index contributed by atoms with van der Waals surface area (Å²) in [5, 5.41) is 3.52. The molecule has 0 bridgehead atoms. The minimum atomic E-state index is 0.620. The van der Waals surface area contributed by atoms with Gasteiger partial charge in [-0.05, 0) is 40.9 Å². The van der Waals surface area contributed by atoms with Gasteiger partial charge in [-0.15, -0.1) is 0 Å². The number of hydrogen-bond donors (Lipinski definition) is 1. The van der Waals surface area contributed by atoms with Gasteiger partial charge in [0.05, 0.1) is 0 Å². The van der Waals surface area contributed by atoms with Gasteiger partial charge in [-0.25, -0.2) is 4.98 Å². The van der Waals surface area contributed by atoms with E-state index in [1.165, 1.54) is 38.5 Å². The summed E-state index contributed by atoms with van der Waals surface area (Å²) >= 11 is 3.39. The van der Waals surface area contributed by atoms with Gasteiger partial charge in [0.2, 0.25) is 0 Å². The SMILES string of the molecule is Brc1cccc(NC2CCCCCC2)n1. The Morgan fingerprint density at radius 2 is 1.87 bits per heavy atom. The van der Waals surface area contributed by atoms with Crippen LogP contribution in [0.4, 0.5) is 5.82 Å². The van der Waals surface area contributed by atoms with Crippen molar-refractivity contribution in [2.45, 2.75) is 44.6 Å². The van der Waals surface area contributed by atoms with E-state index in [4.69, 9.17) is 0 Å². The number of anilines is 1. The van der Waals surface area contributed by atoms with Gasteiger partial charge in [0, 0.05) is 6.04 Å². The first-order valence-electron chi connectivity index (χ1n) is 5.74. The van der Waals surface area contributed by atoms with Crippen molar-refractivity contribution in [1.82, 2.24) is 4.98 Å². The predicted octanol–water partition coefficient (Wildman–Crippen LogP) is 3.98. The molecule has 0 unspecified atom stereocenters. The summed E-state index contributed by atoms with van der Waals surface area (Å²) in [6.07, 6.45) is 8.06. The third-order valence-corrected chi connectivity index (χ3v) is 3.36. The molecule has 15 heavy (non-hydrogen) atoms. The number of hydrogen-bond acceptors (Lipinski definition) is 2. The van der Waals surface area contributed by atoms with Crippen LogP contribution >= 0.6 is 15.9 Å². The van der Waals surface area contributed by atoms with Crippen molar-refractivity contribution in [2.75, 3.05) is 5.32 Å². The highest BCUT2D eigenvalue weighted by atomic mass is 79.9. The van der Waals surface area contributed by atoms with E-state index in [0.717, 1.165) is 10.4 Å². The lowest BCUT2D eigenvalue weighted by Crippen LogP contribution is -2.18. The van der Waals surface area contributed by atoms with Gasteiger partial charge in [-0.2, -0.15) is 0 Å². The molecule has 0 spiro atoms. The first-order valence-corrected chi connectivity index (χ1v) is 6.53. The Balaban J connectivity index is 1.95. The normalized spacial score (nSPS) is 18.5. The monoisotopic (exact) mass is 268 g/mol. The van der Waals surface area contributed by atoms with Crippen LogP contribution in [0, 0.1) is 0 Å². The van der Waals surface area contributed by atoms with Crippen LogP contribution in [-0.2, 0) is 0 Å². The second-order valence-electron chi connectivity index (χ2n) is 4.18. The molecule has 0 aromatic carbocycles. The Bertz CT molecular complexity index is 306. The molecule has 1 aliphatic carbocycles. The van der Waals surface area contributed by atoms with Crippen molar-refractivity contribution < 1.29 is 0 Å². The average molecular weight is 269 g/mol. The predicted molar refractivity (Wildman–Crippen MR) is 67.0 cm³/mol. The molecule has 1 heterocycles. The van der Waals surface area contributed by atoms with E-state index in [-0.39, 0.29) is 0 Å². The van der Waals surface area contributed by atoms with Crippen molar-refractivity contribution in [1.29, 1.82) is 0 Å². The van der Waals surface area contributed by atoms with Crippen LogP contribution in [0.3, 0.4) is 0 Å². The molecule has 82 valence electrons. The summed E-state index contributed by atoms with van der Waals surface area (Å²) in [4.78, 5) is 4.40. The highest BCUT2D eigenvalue weighted by Gasteiger charge is 2.11. The van der Waals surface area contributed by atoms with Crippen LogP contribution in [0.25, 0.3) is 0 Å². The second kappa shape index (κ2) is 5.50. The number of nitrogens with zero attached hydrogens (tertiary/aromatic N) is 1. The quantitative estimate of drug-likeness (QED) is 0.649. The van der Waals surface area contributed by atoms with Gasteiger partial charge in [0.1, 0.15) is 10.4 Å². The van der Waals surface area contributed by atoms with E-state index in [1.54, 1.807) is 0 Å². The highest BCUT2D eigenvalue weighted by molar-refractivity contribution is 9.10. The maximum atomic E-state index is 4.40. The van der Waals surface area contributed by atoms with Crippen LogP contribution < -0.4 is 5.32 Å². The molecule has 3 heteroatoms. The standard InChI is InChI=1S/C12H17BrN2/c13-11-8-5-9-12(15-11)14-10-6-3-1-2-4-7-10/h5,8-10H,1-4,6-7H2,(H,14,15). The number of halogens is 1. The fourth-order valence-corrected chi connectivity index (χ4v) is 2.47. The molecular weight excluding hydrogens is 252 g/mol. The Morgan fingerprint density at radius 3 is 2.53 bits per heavy atom. The zero-order valence-corrected chi connectivity index (χ0v) is 10.5. The zero-order valence-electron chi connectivity index (χ0n) is 8.88. The molecule has 2 nitrogen and oxygen atoms in total. The molecule has 1 fully saturated rings. The van der Waals surface area contributed by atoms with Crippen molar-refractivity contribution in [3.8, 4) is 0 Å². The molecule has 1 N–H and O–H groups in total. The maximum Gasteiger partial charge on any atom is 0.127 e. The molecule has 1 aromatic rings. The first-order chi connectivity index (χ1) is 7.34. The molecule has 0 saturated heterocycles. The van der Waals surface area contributed by atoms with Gasteiger partial charge in [-0.3, -0.25) is 0 Å². The van der Waals surface area contributed by atoms with Gasteiger partial charge in [0.15, 0.2) is 0 Å². The van der Waals surface area contributed by atoms with E-state index in [9.17, 15) is 0 Å². The average Bonchev–Trinajstić information content (AvgIpc) is 2.46. The molecule has 1 aliphatic rings. The minimum Gasteiger partial charge on any atom is -0.367 e. The van der Waals surface area contributed by atoms with E-state index in [2.05, 4.69) is 26.2 Å². The molecule has 1 saturated carbocycles. The van der Waals surface area contributed by atoms with Gasteiger partial charge in [-0.1, -0.05) is 31.7 Å². The summed E-state index contributed by atoms with van der Waals surface area (Å²) in [6, 6.07) is 6.64. The van der Waals surface area contributed by atoms with E-state index < -0.39 is 0 Å². The molecule has 0 aliphatic heterocycles. The minimum absolute atomic E-state index is 0.620. The largest absolute Gasteiger partial charge is 0.367 e. The summed E-state index contributed by atoms with van der Waals surface area (Å²) in [6.45, 7) is 0. The second-order valence-corrected chi connectivity index (χ2v) is 4.99. The maximum absolute atomic E-state index is 4.40. The Labute approximate surface area is 99.6 Å². The first kappa shape index (κ1) is 10.9. The number of nitrogens with one attached hydrogen (secondary N) is 1. The molecule has 0 radical (unpaired) electrons. The Morgan fingerprint density at radius 1 is 1.13 bits per heavy atom. The number of pyridine rings is 1. The van der Waals surface area contributed by atoms with Crippen LogP contribution in [-0.4, -0.2) is 11.0 Å². The molecule has 0 amide bonds. The molecule has 2 rings (SSSR count). The molecular formula is C12H17BrN2. The summed E-state index contributed by atoms with van der Waals surface area (Å²) in [7, 11) is 0. The number of rotatable bonds is 2. The topological polar surface area (TPSA) is 24.9 Å². The van der Waals surface area contributed by atoms with Crippen LogP contribution in [0.15, 0.2) is 22.8 Å². The fraction of sp³-hybridized carbons (Fsp3) is 0.583. The van der Waals surface area contributed by atoms with Crippen LogP contribution in [0.1, 0.15) is 38.5 Å². The van der Waals surface area contributed by atoms with E-state index in [1.807, 2.05) is 18.2 Å². The lowest BCUT2D eigenvalue weighted by Gasteiger charge is -2.16. The third kappa shape index (κ3) is 3.49. The van der Waals surface area contributed by atoms with Crippen molar-refractivity contribution in [3.05, 3.63) is 22.8 Å². The molecule has 1 aromatic heterocycles. The van der Waals surface area contributed by atoms with Crippen molar-refractivity contribution >= 4 is 21.7 Å². The lowest BCUT2D eigenvalue weighted by molar-refractivity contribution is 0.617. The lowest BCUT2D eigenvalue weighted by atomic mass is 10.1. The van der Waals surface area contributed by atoms with Crippen LogP contribution in [0.2, 0.25) is 0 Å². The Hall–Kier alpha value is -0.570. The summed E-state index contributed by atoms with van der Waals surface area (Å²) in [5.74, 6) is 0.997. The highest BCUT2D eigenvalue weighted by Crippen LogP contribution is 2.20. The van der Waals surface area contributed by atoms with Gasteiger partial charge in [0.25, 0.3) is 0 Å². The smallest absolute Gasteiger partial charge is 0.127 e. The van der Waals surface area contributed by atoms with Gasteiger partial charge >= 0.3 is 0 Å². The molecule has 0 atom stereocenters. The van der Waals surface area contributed by atoms with Crippen molar-refractivity contribution in [3.63, 3.8) is 0 Å². The third-order valence-electron chi connectivity index (χ3n) is 2.92. The Kier molecular flexibility index (Phi) is 4.01. The van der Waals surface area contributed by atoms with E-state index >= 15 is 0 Å².